The number of nitrogens with one attached hydrogen (secondary N) is 1. The first kappa shape index (κ1) is 23.8. The lowest BCUT2D eigenvalue weighted by Gasteiger charge is -2.26. The third kappa shape index (κ3) is 5.88. The molecule has 0 amide bonds. The highest BCUT2D eigenvalue weighted by atomic mass is 35.5. The fourth-order valence-corrected chi connectivity index (χ4v) is 5.66. The summed E-state index contributed by atoms with van der Waals surface area (Å²) < 4.78 is 69.4. The van der Waals surface area contributed by atoms with E-state index in [2.05, 4.69) is 4.72 Å². The number of morpholine rings is 1. The Bertz CT molecular complexity index is 1100. The summed E-state index contributed by atoms with van der Waals surface area (Å²) in [6.07, 6.45) is 0. The molecule has 1 aliphatic heterocycles. The molecule has 0 saturated carbocycles. The van der Waals surface area contributed by atoms with Crippen LogP contribution in [-0.4, -0.2) is 67.7 Å². The highest BCUT2D eigenvalue weighted by molar-refractivity contribution is 7.89. The molecule has 2 aromatic rings. The number of hydrogen-bond acceptors (Lipinski definition) is 7. The number of rotatable bonds is 9. The fraction of sp³-hybridized carbons (Fsp3) is 0.368. The van der Waals surface area contributed by atoms with Gasteiger partial charge in [-0.05, 0) is 42.5 Å². The van der Waals surface area contributed by atoms with Gasteiger partial charge in [-0.25, -0.2) is 21.6 Å². The van der Waals surface area contributed by atoms with Crippen LogP contribution in [0.4, 0.5) is 0 Å². The van der Waals surface area contributed by atoms with E-state index >= 15 is 0 Å². The molecule has 9 nitrogen and oxygen atoms in total. The molecule has 31 heavy (non-hydrogen) atoms. The summed E-state index contributed by atoms with van der Waals surface area (Å²) in [6, 6.07) is 10.2. The monoisotopic (exact) mass is 490 g/mol. The van der Waals surface area contributed by atoms with Crippen molar-refractivity contribution >= 4 is 31.6 Å². The van der Waals surface area contributed by atoms with E-state index in [0.29, 0.717) is 37.8 Å². The summed E-state index contributed by atoms with van der Waals surface area (Å²) in [5, 5.41) is 0.189. The lowest BCUT2D eigenvalue weighted by molar-refractivity contribution is 0.0730. The van der Waals surface area contributed by atoms with Gasteiger partial charge in [0.2, 0.25) is 20.0 Å². The molecule has 2 aromatic carbocycles. The van der Waals surface area contributed by atoms with Crippen molar-refractivity contribution in [1.82, 2.24) is 9.03 Å². The molecular formula is C19H23ClN2O7S2. The first-order chi connectivity index (χ1) is 14.7. The van der Waals surface area contributed by atoms with Crippen LogP contribution in [0.15, 0.2) is 52.3 Å². The van der Waals surface area contributed by atoms with Crippen LogP contribution in [0, 0.1) is 0 Å². The van der Waals surface area contributed by atoms with Crippen molar-refractivity contribution in [1.29, 1.82) is 0 Å². The van der Waals surface area contributed by atoms with Crippen LogP contribution in [0.2, 0.25) is 5.02 Å². The van der Waals surface area contributed by atoms with Gasteiger partial charge in [0.1, 0.15) is 18.1 Å². The SMILES string of the molecule is COc1ccc(S(=O)(=O)NCCOc2ccc(S(=O)(=O)N3CCOCC3)cc2)cc1Cl. The fourth-order valence-electron chi connectivity index (χ4n) is 2.89. The molecule has 1 saturated heterocycles. The van der Waals surface area contributed by atoms with Crippen LogP contribution < -0.4 is 14.2 Å². The molecule has 1 N–H and O–H groups in total. The quantitative estimate of drug-likeness (QED) is 0.533. The Balaban J connectivity index is 1.53. The Kier molecular flexibility index (Phi) is 7.78. The van der Waals surface area contributed by atoms with Crippen molar-refractivity contribution in [2.24, 2.45) is 0 Å². The lowest BCUT2D eigenvalue weighted by atomic mass is 10.3. The van der Waals surface area contributed by atoms with Gasteiger partial charge in [0, 0.05) is 19.6 Å². The summed E-state index contributed by atoms with van der Waals surface area (Å²) in [7, 11) is -5.90. The van der Waals surface area contributed by atoms with Gasteiger partial charge in [0.25, 0.3) is 0 Å². The highest BCUT2D eigenvalue weighted by Gasteiger charge is 2.26. The van der Waals surface area contributed by atoms with Crippen LogP contribution in [0.3, 0.4) is 0 Å². The second-order valence-corrected chi connectivity index (χ2v) is 10.6. The number of nitrogens with zero attached hydrogens (tertiary/aromatic N) is 1. The van der Waals surface area contributed by atoms with E-state index in [1.807, 2.05) is 0 Å². The molecule has 0 aliphatic carbocycles. The van der Waals surface area contributed by atoms with Gasteiger partial charge in [-0.15, -0.1) is 0 Å². The first-order valence-electron chi connectivity index (χ1n) is 9.38. The number of halogens is 1. The average Bonchev–Trinajstić information content (AvgIpc) is 2.77. The maximum atomic E-state index is 12.6. The molecule has 12 heteroatoms. The zero-order chi connectivity index (χ0) is 22.5. The molecule has 0 unspecified atom stereocenters. The predicted molar refractivity (Wildman–Crippen MR) is 115 cm³/mol. The zero-order valence-electron chi connectivity index (χ0n) is 16.8. The molecule has 0 bridgehead atoms. The molecule has 170 valence electrons. The minimum absolute atomic E-state index is 0.0102. The molecule has 1 heterocycles. The van der Waals surface area contributed by atoms with E-state index in [-0.39, 0.29) is 28.0 Å². The van der Waals surface area contributed by atoms with Gasteiger partial charge < -0.3 is 14.2 Å². The van der Waals surface area contributed by atoms with Gasteiger partial charge in [-0.1, -0.05) is 11.6 Å². The minimum Gasteiger partial charge on any atom is -0.495 e. The summed E-state index contributed by atoms with van der Waals surface area (Å²) in [5.41, 5.74) is 0. The summed E-state index contributed by atoms with van der Waals surface area (Å²) >= 11 is 5.98. The molecule has 0 radical (unpaired) electrons. The Hall–Kier alpha value is -1.89. The topological polar surface area (TPSA) is 111 Å². The number of sulfonamides is 2. The Morgan fingerprint density at radius 1 is 1.03 bits per heavy atom. The van der Waals surface area contributed by atoms with Crippen molar-refractivity contribution in [3.05, 3.63) is 47.5 Å². The summed E-state index contributed by atoms with van der Waals surface area (Å²) in [4.78, 5) is 0.176. The number of ether oxygens (including phenoxy) is 3. The minimum atomic E-state index is -3.77. The van der Waals surface area contributed by atoms with Crippen LogP contribution in [0.5, 0.6) is 11.5 Å². The van der Waals surface area contributed by atoms with E-state index in [4.69, 9.17) is 25.8 Å². The zero-order valence-corrected chi connectivity index (χ0v) is 19.2. The van der Waals surface area contributed by atoms with Gasteiger partial charge in [-0.2, -0.15) is 4.31 Å². The largest absolute Gasteiger partial charge is 0.495 e. The van der Waals surface area contributed by atoms with E-state index in [1.165, 1.54) is 53.9 Å². The van der Waals surface area contributed by atoms with Crippen molar-refractivity contribution in [2.45, 2.75) is 9.79 Å². The maximum Gasteiger partial charge on any atom is 0.243 e. The van der Waals surface area contributed by atoms with Crippen molar-refractivity contribution < 1.29 is 31.0 Å². The summed E-state index contributed by atoms with van der Waals surface area (Å²) in [5.74, 6) is 0.802. The lowest BCUT2D eigenvalue weighted by Crippen LogP contribution is -2.40. The number of benzene rings is 2. The highest BCUT2D eigenvalue weighted by Crippen LogP contribution is 2.26. The Labute approximate surface area is 187 Å². The van der Waals surface area contributed by atoms with Crippen molar-refractivity contribution in [3.8, 4) is 11.5 Å². The average molecular weight is 491 g/mol. The van der Waals surface area contributed by atoms with Gasteiger partial charge >= 0.3 is 0 Å². The Morgan fingerprint density at radius 3 is 2.29 bits per heavy atom. The van der Waals surface area contributed by atoms with Crippen LogP contribution in [-0.2, 0) is 24.8 Å². The van der Waals surface area contributed by atoms with Crippen LogP contribution in [0.25, 0.3) is 0 Å². The molecule has 3 rings (SSSR count). The molecule has 0 spiro atoms. The second-order valence-electron chi connectivity index (χ2n) is 6.53. The molecular weight excluding hydrogens is 468 g/mol. The smallest absolute Gasteiger partial charge is 0.243 e. The standard InChI is InChI=1S/C19H23ClN2O7S2/c1-27-19-7-6-17(14-18(19)20)30(23,24)21-8-11-29-15-2-4-16(5-3-15)31(25,26)22-9-12-28-13-10-22/h2-7,14,21H,8-13H2,1H3. The van der Waals surface area contributed by atoms with E-state index in [1.54, 1.807) is 0 Å². The maximum absolute atomic E-state index is 12.6. The first-order valence-corrected chi connectivity index (χ1v) is 12.7. The van der Waals surface area contributed by atoms with Gasteiger partial charge in [0.05, 0.1) is 35.1 Å². The number of hydrogen-bond donors (Lipinski definition) is 1. The molecule has 1 fully saturated rings. The van der Waals surface area contributed by atoms with Crippen molar-refractivity contribution in [2.75, 3.05) is 46.6 Å². The molecule has 1 aliphatic rings. The number of methoxy groups -OCH3 is 1. The third-order valence-electron chi connectivity index (χ3n) is 4.53. The van der Waals surface area contributed by atoms with Gasteiger partial charge in [0.15, 0.2) is 0 Å². The third-order valence-corrected chi connectivity index (χ3v) is 8.19. The predicted octanol–water partition coefficient (Wildman–Crippen LogP) is 1.73. The molecule has 0 aromatic heterocycles. The van der Waals surface area contributed by atoms with E-state index in [0.717, 1.165) is 0 Å². The van der Waals surface area contributed by atoms with Crippen molar-refractivity contribution in [3.63, 3.8) is 0 Å². The van der Waals surface area contributed by atoms with E-state index in [9.17, 15) is 16.8 Å². The summed E-state index contributed by atoms with van der Waals surface area (Å²) in [6.45, 7) is 1.46. The second kappa shape index (κ2) is 10.2. The van der Waals surface area contributed by atoms with Gasteiger partial charge in [-0.3, -0.25) is 0 Å². The van der Waals surface area contributed by atoms with Crippen LogP contribution in [0.1, 0.15) is 0 Å². The normalized spacial score (nSPS) is 15.5. The Morgan fingerprint density at radius 2 is 1.68 bits per heavy atom. The molecule has 0 atom stereocenters. The van der Waals surface area contributed by atoms with E-state index < -0.39 is 20.0 Å². The van der Waals surface area contributed by atoms with Crippen LogP contribution >= 0.6 is 11.6 Å².